The molecule has 2 amide bonds. The van der Waals surface area contributed by atoms with E-state index in [-0.39, 0.29) is 17.6 Å². The number of aromatic nitrogens is 1. The number of pyridine rings is 1. The van der Waals surface area contributed by atoms with Gasteiger partial charge in [-0.1, -0.05) is 13.8 Å². The summed E-state index contributed by atoms with van der Waals surface area (Å²) in [5.74, 6) is -1.07. The quantitative estimate of drug-likeness (QED) is 0.856. The highest BCUT2D eigenvalue weighted by Crippen LogP contribution is 2.12. The van der Waals surface area contributed by atoms with Gasteiger partial charge < -0.3 is 15.3 Å². The zero-order valence-corrected chi connectivity index (χ0v) is 11.4. The second-order valence-corrected chi connectivity index (χ2v) is 4.28. The van der Waals surface area contributed by atoms with Crippen molar-refractivity contribution in [2.75, 3.05) is 12.4 Å². The van der Waals surface area contributed by atoms with Crippen molar-refractivity contribution in [1.29, 1.82) is 0 Å². The van der Waals surface area contributed by atoms with Crippen LogP contribution in [0.15, 0.2) is 18.5 Å². The Labute approximate surface area is 112 Å². The molecule has 104 valence electrons. The van der Waals surface area contributed by atoms with Crippen LogP contribution in [-0.4, -0.2) is 40.1 Å². The molecule has 1 rings (SSSR count). The summed E-state index contributed by atoms with van der Waals surface area (Å²) >= 11 is 0. The zero-order valence-electron chi connectivity index (χ0n) is 11.4. The standard InChI is InChI=1S/C13H19N3O3/c1-4-11(5-2)16(3)13(19)15-10-6-9(12(17)18)7-14-8-10/h6-8,11H,4-5H2,1-3H3,(H,15,19)(H,17,18). The van der Waals surface area contributed by atoms with E-state index >= 15 is 0 Å². The molecule has 6 heteroatoms. The van der Waals surface area contributed by atoms with Crippen LogP contribution in [-0.2, 0) is 0 Å². The maximum Gasteiger partial charge on any atom is 0.337 e. The van der Waals surface area contributed by atoms with E-state index in [1.807, 2.05) is 13.8 Å². The number of amides is 2. The fourth-order valence-electron chi connectivity index (χ4n) is 1.84. The Bertz CT molecular complexity index is 458. The molecule has 0 fully saturated rings. The first-order valence-corrected chi connectivity index (χ1v) is 6.21. The van der Waals surface area contributed by atoms with Gasteiger partial charge in [0, 0.05) is 19.3 Å². The van der Waals surface area contributed by atoms with Crippen LogP contribution in [0.2, 0.25) is 0 Å². The van der Waals surface area contributed by atoms with Crippen LogP contribution in [0, 0.1) is 0 Å². The molecule has 0 bridgehead atoms. The smallest absolute Gasteiger partial charge is 0.337 e. The number of hydrogen-bond acceptors (Lipinski definition) is 3. The number of rotatable bonds is 5. The Kier molecular flexibility index (Phi) is 5.29. The molecule has 0 atom stereocenters. The maximum absolute atomic E-state index is 12.0. The third kappa shape index (κ3) is 3.94. The minimum absolute atomic E-state index is 0.0444. The average Bonchev–Trinajstić information content (AvgIpc) is 2.40. The van der Waals surface area contributed by atoms with Crippen LogP contribution >= 0.6 is 0 Å². The normalized spacial score (nSPS) is 10.3. The monoisotopic (exact) mass is 265 g/mol. The lowest BCUT2D eigenvalue weighted by Crippen LogP contribution is -2.39. The molecule has 1 aromatic rings. The van der Waals surface area contributed by atoms with Crippen molar-refractivity contribution in [3.63, 3.8) is 0 Å². The van der Waals surface area contributed by atoms with Crippen LogP contribution < -0.4 is 5.32 Å². The Balaban J connectivity index is 2.76. The molecule has 0 spiro atoms. The largest absolute Gasteiger partial charge is 0.478 e. The van der Waals surface area contributed by atoms with Crippen LogP contribution in [0.4, 0.5) is 10.5 Å². The summed E-state index contributed by atoms with van der Waals surface area (Å²) < 4.78 is 0. The van der Waals surface area contributed by atoms with Gasteiger partial charge in [-0.3, -0.25) is 4.98 Å². The first-order valence-electron chi connectivity index (χ1n) is 6.21. The number of nitrogens with one attached hydrogen (secondary N) is 1. The fourth-order valence-corrected chi connectivity index (χ4v) is 1.84. The second kappa shape index (κ2) is 6.72. The van der Waals surface area contributed by atoms with E-state index in [4.69, 9.17) is 5.11 Å². The molecule has 1 aromatic heterocycles. The van der Waals surface area contributed by atoms with Gasteiger partial charge in [-0.25, -0.2) is 9.59 Å². The number of urea groups is 1. The zero-order chi connectivity index (χ0) is 14.4. The van der Waals surface area contributed by atoms with Crippen molar-refractivity contribution in [3.05, 3.63) is 24.0 Å². The lowest BCUT2D eigenvalue weighted by atomic mass is 10.1. The Morgan fingerprint density at radius 3 is 2.53 bits per heavy atom. The molecule has 6 nitrogen and oxygen atoms in total. The minimum Gasteiger partial charge on any atom is -0.478 e. The van der Waals surface area contributed by atoms with E-state index in [0.717, 1.165) is 12.8 Å². The predicted octanol–water partition coefficient (Wildman–Crippen LogP) is 2.43. The Hall–Kier alpha value is -2.11. The number of anilines is 1. The van der Waals surface area contributed by atoms with Crippen LogP contribution in [0.5, 0.6) is 0 Å². The molecule has 1 heterocycles. The summed E-state index contributed by atoms with van der Waals surface area (Å²) in [5, 5.41) is 11.5. The molecule has 0 aliphatic carbocycles. The molecule has 19 heavy (non-hydrogen) atoms. The fraction of sp³-hybridized carbons (Fsp3) is 0.462. The lowest BCUT2D eigenvalue weighted by molar-refractivity contribution is 0.0696. The van der Waals surface area contributed by atoms with Crippen LogP contribution in [0.25, 0.3) is 0 Å². The third-order valence-corrected chi connectivity index (χ3v) is 3.05. The summed E-state index contributed by atoms with van der Waals surface area (Å²) in [6.07, 6.45) is 4.40. The van der Waals surface area contributed by atoms with E-state index in [0.29, 0.717) is 5.69 Å². The summed E-state index contributed by atoms with van der Waals surface area (Å²) in [4.78, 5) is 28.2. The molecular weight excluding hydrogens is 246 g/mol. The Morgan fingerprint density at radius 2 is 2.00 bits per heavy atom. The van der Waals surface area contributed by atoms with Crippen LogP contribution in [0.3, 0.4) is 0 Å². The first kappa shape index (κ1) is 14.9. The minimum atomic E-state index is -1.07. The molecule has 0 aromatic carbocycles. The highest BCUT2D eigenvalue weighted by atomic mass is 16.4. The van der Waals surface area contributed by atoms with Gasteiger partial charge in [0.25, 0.3) is 0 Å². The van der Waals surface area contributed by atoms with E-state index in [2.05, 4.69) is 10.3 Å². The van der Waals surface area contributed by atoms with E-state index in [9.17, 15) is 9.59 Å². The average molecular weight is 265 g/mol. The van der Waals surface area contributed by atoms with E-state index in [1.165, 1.54) is 18.5 Å². The molecule has 0 saturated carbocycles. The molecular formula is C13H19N3O3. The lowest BCUT2D eigenvalue weighted by Gasteiger charge is -2.26. The number of aromatic carboxylic acids is 1. The van der Waals surface area contributed by atoms with Gasteiger partial charge >= 0.3 is 12.0 Å². The number of hydrogen-bond donors (Lipinski definition) is 2. The molecule has 0 aliphatic rings. The van der Waals surface area contributed by atoms with E-state index in [1.54, 1.807) is 11.9 Å². The van der Waals surface area contributed by atoms with Gasteiger partial charge in [-0.05, 0) is 18.9 Å². The summed E-state index contributed by atoms with van der Waals surface area (Å²) in [7, 11) is 1.72. The number of carboxylic acids is 1. The van der Waals surface area contributed by atoms with Crippen molar-refractivity contribution in [1.82, 2.24) is 9.88 Å². The topological polar surface area (TPSA) is 82.5 Å². The van der Waals surface area contributed by atoms with Crippen LogP contribution in [0.1, 0.15) is 37.0 Å². The Morgan fingerprint density at radius 1 is 1.37 bits per heavy atom. The van der Waals surface area contributed by atoms with Crippen molar-refractivity contribution in [3.8, 4) is 0 Å². The molecule has 2 N–H and O–H groups in total. The number of nitrogens with zero attached hydrogens (tertiary/aromatic N) is 2. The molecule has 0 unspecified atom stereocenters. The maximum atomic E-state index is 12.0. The van der Waals surface area contributed by atoms with Gasteiger partial charge in [0.1, 0.15) is 0 Å². The van der Waals surface area contributed by atoms with Gasteiger partial charge in [-0.2, -0.15) is 0 Å². The van der Waals surface area contributed by atoms with Gasteiger partial charge in [0.05, 0.1) is 17.4 Å². The van der Waals surface area contributed by atoms with Crippen molar-refractivity contribution >= 4 is 17.7 Å². The predicted molar refractivity (Wildman–Crippen MR) is 72.3 cm³/mol. The summed E-state index contributed by atoms with van der Waals surface area (Å²) in [6.45, 7) is 4.04. The molecule has 0 aliphatic heterocycles. The number of carbonyl (C=O) groups excluding carboxylic acids is 1. The highest BCUT2D eigenvalue weighted by molar-refractivity contribution is 5.92. The first-order chi connectivity index (χ1) is 8.99. The SMILES string of the molecule is CCC(CC)N(C)C(=O)Nc1cncc(C(=O)O)c1. The third-order valence-electron chi connectivity index (χ3n) is 3.05. The molecule has 0 radical (unpaired) electrons. The number of carboxylic acid groups (broad SMARTS) is 1. The second-order valence-electron chi connectivity index (χ2n) is 4.28. The van der Waals surface area contributed by atoms with Crippen molar-refractivity contribution < 1.29 is 14.7 Å². The summed E-state index contributed by atoms with van der Waals surface area (Å²) in [6, 6.07) is 1.28. The molecule has 0 saturated heterocycles. The van der Waals surface area contributed by atoms with Crippen molar-refractivity contribution in [2.24, 2.45) is 0 Å². The van der Waals surface area contributed by atoms with E-state index < -0.39 is 5.97 Å². The van der Waals surface area contributed by atoms with Gasteiger partial charge in [0.15, 0.2) is 0 Å². The van der Waals surface area contributed by atoms with Gasteiger partial charge in [-0.15, -0.1) is 0 Å². The number of carbonyl (C=O) groups is 2. The van der Waals surface area contributed by atoms with Gasteiger partial charge in [0.2, 0.25) is 0 Å². The summed E-state index contributed by atoms with van der Waals surface area (Å²) in [5.41, 5.74) is 0.422. The highest BCUT2D eigenvalue weighted by Gasteiger charge is 2.17. The van der Waals surface area contributed by atoms with Crippen molar-refractivity contribution in [2.45, 2.75) is 32.7 Å².